The third-order valence-electron chi connectivity index (χ3n) is 3.05. The third-order valence-corrected chi connectivity index (χ3v) is 3.05. The van der Waals surface area contributed by atoms with Crippen LogP contribution in [-0.4, -0.2) is 13.6 Å². The summed E-state index contributed by atoms with van der Waals surface area (Å²) in [6.45, 7) is 8.22. The molecular formula is C9H23N. The van der Waals surface area contributed by atoms with Crippen LogP contribution >= 0.6 is 0 Å². The molecule has 0 bridgehead atoms. The average Bonchev–Trinajstić information content (AvgIpc) is 2.19. The van der Waals surface area contributed by atoms with E-state index in [1.165, 1.54) is 6.54 Å². The van der Waals surface area contributed by atoms with Gasteiger partial charge in [-0.2, -0.15) is 0 Å². The Kier molecular flexibility index (Phi) is 2.90. The monoisotopic (exact) mass is 145 g/mol. The Morgan fingerprint density at radius 2 is 1.90 bits per heavy atom. The van der Waals surface area contributed by atoms with Gasteiger partial charge in [0.2, 0.25) is 0 Å². The van der Waals surface area contributed by atoms with E-state index >= 15 is 0 Å². The molecule has 2 unspecified atom stereocenters. The zero-order valence-corrected chi connectivity index (χ0v) is 6.86. The van der Waals surface area contributed by atoms with Crippen molar-refractivity contribution in [1.82, 2.24) is 5.32 Å². The number of hydrogen-bond acceptors (Lipinski definition) is 1. The summed E-state index contributed by atoms with van der Waals surface area (Å²) in [6.07, 6.45) is 0. The highest BCUT2D eigenvalue weighted by molar-refractivity contribution is 5.02. The van der Waals surface area contributed by atoms with Gasteiger partial charge in [-0.25, -0.2) is 0 Å². The van der Waals surface area contributed by atoms with Crippen LogP contribution in [0.5, 0.6) is 0 Å². The summed E-state index contributed by atoms with van der Waals surface area (Å²) in [5.74, 6) is 1.84. The molecule has 1 heteroatoms. The molecule has 1 nitrogen and oxygen atoms in total. The summed E-state index contributed by atoms with van der Waals surface area (Å²) in [5, 5.41) is 3.22. The van der Waals surface area contributed by atoms with Crippen molar-refractivity contribution in [3.63, 3.8) is 0 Å². The van der Waals surface area contributed by atoms with Crippen LogP contribution in [-0.2, 0) is 0 Å². The standard InChI is InChI=1S/C8H17N.CH4.H2/c1-6-7(5-9-4)8(6,2)3;;/h6-7,9H,5H2,1-4H3;1H4;1H. The van der Waals surface area contributed by atoms with Gasteiger partial charge < -0.3 is 5.32 Å². The van der Waals surface area contributed by atoms with Crippen LogP contribution in [0.15, 0.2) is 0 Å². The number of nitrogens with one attached hydrogen (secondary N) is 1. The first-order valence-corrected chi connectivity index (χ1v) is 3.75. The molecule has 0 aromatic rings. The minimum Gasteiger partial charge on any atom is -0.319 e. The van der Waals surface area contributed by atoms with Gasteiger partial charge in [-0.3, -0.25) is 0 Å². The molecule has 64 valence electrons. The van der Waals surface area contributed by atoms with E-state index in [0.717, 1.165) is 11.8 Å². The molecule has 1 aliphatic rings. The predicted molar refractivity (Wildman–Crippen MR) is 49.2 cm³/mol. The first-order chi connectivity index (χ1) is 4.10. The van der Waals surface area contributed by atoms with Crippen LogP contribution in [0.25, 0.3) is 0 Å². The smallest absolute Gasteiger partial charge is 0 e. The van der Waals surface area contributed by atoms with Crippen LogP contribution in [0.1, 0.15) is 29.6 Å². The fraction of sp³-hybridized carbons (Fsp3) is 1.00. The highest BCUT2D eigenvalue weighted by Crippen LogP contribution is 2.57. The molecule has 0 amide bonds. The fourth-order valence-corrected chi connectivity index (χ4v) is 1.68. The maximum atomic E-state index is 3.22. The normalized spacial score (nSPS) is 34.8. The maximum absolute atomic E-state index is 3.22. The molecule has 1 N–H and O–H groups in total. The molecule has 0 aromatic carbocycles. The van der Waals surface area contributed by atoms with Crippen molar-refractivity contribution in [2.24, 2.45) is 17.3 Å². The molecule has 2 atom stereocenters. The summed E-state index contributed by atoms with van der Waals surface area (Å²) in [6, 6.07) is 0. The first-order valence-electron chi connectivity index (χ1n) is 3.75. The Morgan fingerprint density at radius 3 is 2.00 bits per heavy atom. The summed E-state index contributed by atoms with van der Waals surface area (Å²) < 4.78 is 0. The van der Waals surface area contributed by atoms with E-state index in [-0.39, 0.29) is 8.85 Å². The molecule has 0 heterocycles. The molecule has 1 saturated carbocycles. The minimum absolute atomic E-state index is 0. The molecule has 0 saturated heterocycles. The van der Waals surface area contributed by atoms with Gasteiger partial charge in [0.25, 0.3) is 0 Å². The van der Waals surface area contributed by atoms with Crippen molar-refractivity contribution in [3.05, 3.63) is 0 Å². The second-order valence-electron chi connectivity index (χ2n) is 3.77. The molecule has 0 spiro atoms. The minimum atomic E-state index is 0. The largest absolute Gasteiger partial charge is 0.319 e. The Hall–Kier alpha value is -0.0400. The van der Waals surface area contributed by atoms with E-state index in [2.05, 4.69) is 26.1 Å². The van der Waals surface area contributed by atoms with Crippen molar-refractivity contribution < 1.29 is 1.43 Å². The van der Waals surface area contributed by atoms with Crippen molar-refractivity contribution in [2.45, 2.75) is 28.2 Å². The van der Waals surface area contributed by atoms with Gasteiger partial charge in [-0.15, -0.1) is 0 Å². The zero-order valence-electron chi connectivity index (χ0n) is 6.86. The first kappa shape index (κ1) is 9.96. The highest BCUT2D eigenvalue weighted by Gasteiger charge is 2.53. The Morgan fingerprint density at radius 1 is 1.50 bits per heavy atom. The highest BCUT2D eigenvalue weighted by atomic mass is 14.8. The molecule has 1 fully saturated rings. The van der Waals surface area contributed by atoms with Crippen molar-refractivity contribution in [3.8, 4) is 0 Å². The summed E-state index contributed by atoms with van der Waals surface area (Å²) >= 11 is 0. The molecule has 1 rings (SSSR count). The van der Waals surface area contributed by atoms with Crippen LogP contribution in [0.3, 0.4) is 0 Å². The lowest BCUT2D eigenvalue weighted by Crippen LogP contribution is -2.12. The lowest BCUT2D eigenvalue weighted by molar-refractivity contribution is 0.531. The van der Waals surface area contributed by atoms with Gasteiger partial charge >= 0.3 is 0 Å². The Bertz CT molecular complexity index is 112. The number of hydrogen-bond donors (Lipinski definition) is 1. The molecule has 0 radical (unpaired) electrons. The fourth-order valence-electron chi connectivity index (χ4n) is 1.68. The van der Waals surface area contributed by atoms with E-state index in [4.69, 9.17) is 0 Å². The van der Waals surface area contributed by atoms with Gasteiger partial charge in [0.15, 0.2) is 0 Å². The van der Waals surface area contributed by atoms with Gasteiger partial charge in [0, 0.05) is 1.43 Å². The van der Waals surface area contributed by atoms with Crippen molar-refractivity contribution >= 4 is 0 Å². The van der Waals surface area contributed by atoms with Gasteiger partial charge in [-0.05, 0) is 30.8 Å². The summed E-state index contributed by atoms with van der Waals surface area (Å²) in [7, 11) is 2.03. The zero-order chi connectivity index (χ0) is 7.07. The van der Waals surface area contributed by atoms with Crippen LogP contribution < -0.4 is 5.32 Å². The van der Waals surface area contributed by atoms with E-state index in [0.29, 0.717) is 5.41 Å². The average molecular weight is 145 g/mol. The van der Waals surface area contributed by atoms with E-state index in [9.17, 15) is 0 Å². The second-order valence-corrected chi connectivity index (χ2v) is 3.77. The molecule has 0 aromatic heterocycles. The molecule has 0 aliphatic heterocycles. The Labute approximate surface area is 66.7 Å². The quantitative estimate of drug-likeness (QED) is 0.629. The Balaban J connectivity index is 0. The molecular weight excluding hydrogens is 122 g/mol. The van der Waals surface area contributed by atoms with Crippen LogP contribution in [0.4, 0.5) is 0 Å². The SMILES string of the molecule is C.CNCC1C(C)C1(C)C.[HH]. The lowest BCUT2D eigenvalue weighted by Gasteiger charge is -1.99. The van der Waals surface area contributed by atoms with E-state index in [1.807, 2.05) is 7.05 Å². The van der Waals surface area contributed by atoms with Crippen LogP contribution in [0, 0.1) is 17.3 Å². The van der Waals surface area contributed by atoms with Crippen molar-refractivity contribution in [2.75, 3.05) is 13.6 Å². The summed E-state index contributed by atoms with van der Waals surface area (Å²) in [5.41, 5.74) is 0.614. The van der Waals surface area contributed by atoms with Gasteiger partial charge in [0.1, 0.15) is 0 Å². The predicted octanol–water partition coefficient (Wildman–Crippen LogP) is 2.38. The lowest BCUT2D eigenvalue weighted by atomic mass is 10.1. The number of rotatable bonds is 2. The van der Waals surface area contributed by atoms with Gasteiger partial charge in [-0.1, -0.05) is 28.2 Å². The van der Waals surface area contributed by atoms with E-state index in [1.54, 1.807) is 0 Å². The topological polar surface area (TPSA) is 12.0 Å². The molecule has 1 aliphatic carbocycles. The summed E-state index contributed by atoms with van der Waals surface area (Å²) in [4.78, 5) is 0. The van der Waals surface area contributed by atoms with Crippen molar-refractivity contribution in [1.29, 1.82) is 0 Å². The maximum Gasteiger partial charge on any atom is 0 e. The third kappa shape index (κ3) is 1.34. The van der Waals surface area contributed by atoms with E-state index < -0.39 is 0 Å². The molecule has 10 heavy (non-hydrogen) atoms. The van der Waals surface area contributed by atoms with Gasteiger partial charge in [0.05, 0.1) is 0 Å². The second kappa shape index (κ2) is 2.91. The van der Waals surface area contributed by atoms with Crippen LogP contribution in [0.2, 0.25) is 0 Å².